The molecule has 142 valence electrons. The second-order valence-corrected chi connectivity index (χ2v) is 6.42. The third-order valence-electron chi connectivity index (χ3n) is 3.62. The minimum Gasteiger partial charge on any atom is -0.496 e. The summed E-state index contributed by atoms with van der Waals surface area (Å²) in [6.45, 7) is 1.75. The van der Waals surface area contributed by atoms with E-state index in [-0.39, 0.29) is 12.5 Å². The van der Waals surface area contributed by atoms with E-state index < -0.39 is 5.91 Å². The molecular formula is C19H20BrN3O4. The smallest absolute Gasteiger partial charge is 0.259 e. The SMILES string of the molecule is COc1cc(OC)c(C=NNC(=O)CNC(=O)c2ccc(C)cc2)cc1Br. The molecule has 0 heterocycles. The third kappa shape index (κ3) is 5.82. The average molecular weight is 434 g/mol. The number of halogens is 1. The lowest BCUT2D eigenvalue weighted by Crippen LogP contribution is -2.34. The predicted octanol–water partition coefficient (Wildman–Crippen LogP) is 2.65. The van der Waals surface area contributed by atoms with Gasteiger partial charge < -0.3 is 14.8 Å². The highest BCUT2D eigenvalue weighted by Crippen LogP contribution is 2.31. The van der Waals surface area contributed by atoms with Crippen molar-refractivity contribution < 1.29 is 19.1 Å². The van der Waals surface area contributed by atoms with Gasteiger partial charge in [0, 0.05) is 17.2 Å². The van der Waals surface area contributed by atoms with Gasteiger partial charge >= 0.3 is 0 Å². The molecule has 2 rings (SSSR count). The number of nitrogens with zero attached hydrogens (tertiary/aromatic N) is 1. The van der Waals surface area contributed by atoms with Gasteiger partial charge in [-0.05, 0) is 41.1 Å². The largest absolute Gasteiger partial charge is 0.496 e. The number of hydrogen-bond acceptors (Lipinski definition) is 5. The molecule has 2 aromatic carbocycles. The normalized spacial score (nSPS) is 10.5. The van der Waals surface area contributed by atoms with Crippen molar-refractivity contribution in [2.24, 2.45) is 5.10 Å². The van der Waals surface area contributed by atoms with Crippen LogP contribution in [0.25, 0.3) is 0 Å². The number of hydrazone groups is 1. The van der Waals surface area contributed by atoms with E-state index in [1.54, 1.807) is 31.4 Å². The van der Waals surface area contributed by atoms with Gasteiger partial charge in [0.2, 0.25) is 0 Å². The molecule has 0 aliphatic heterocycles. The number of carbonyl (C=O) groups excluding carboxylic acids is 2. The molecule has 0 saturated carbocycles. The predicted molar refractivity (Wildman–Crippen MR) is 106 cm³/mol. The Morgan fingerprint density at radius 2 is 1.78 bits per heavy atom. The molecule has 8 heteroatoms. The molecule has 27 heavy (non-hydrogen) atoms. The Bertz CT molecular complexity index is 851. The van der Waals surface area contributed by atoms with Crippen LogP contribution in [0.1, 0.15) is 21.5 Å². The number of ether oxygens (including phenoxy) is 2. The summed E-state index contributed by atoms with van der Waals surface area (Å²) in [5, 5.41) is 6.43. The minimum absolute atomic E-state index is 0.187. The molecule has 0 fully saturated rings. The Labute approximate surface area is 165 Å². The van der Waals surface area contributed by atoms with Crippen molar-refractivity contribution in [1.82, 2.24) is 10.7 Å². The summed E-state index contributed by atoms with van der Waals surface area (Å²) in [6, 6.07) is 10.5. The summed E-state index contributed by atoms with van der Waals surface area (Å²) in [6.07, 6.45) is 1.45. The summed E-state index contributed by atoms with van der Waals surface area (Å²) in [4.78, 5) is 23.8. The van der Waals surface area contributed by atoms with Crippen molar-refractivity contribution in [3.63, 3.8) is 0 Å². The number of hydrogen-bond donors (Lipinski definition) is 2. The van der Waals surface area contributed by atoms with E-state index in [1.165, 1.54) is 13.3 Å². The maximum absolute atomic E-state index is 12.0. The van der Waals surface area contributed by atoms with Crippen LogP contribution in [0.3, 0.4) is 0 Å². The van der Waals surface area contributed by atoms with Crippen LogP contribution in [-0.2, 0) is 4.79 Å². The molecule has 2 aromatic rings. The maximum atomic E-state index is 12.0. The lowest BCUT2D eigenvalue weighted by Gasteiger charge is -2.09. The fourth-order valence-electron chi connectivity index (χ4n) is 2.17. The zero-order valence-corrected chi connectivity index (χ0v) is 16.8. The van der Waals surface area contributed by atoms with E-state index in [0.717, 1.165) is 10.0 Å². The fraction of sp³-hybridized carbons (Fsp3) is 0.211. The molecule has 0 spiro atoms. The topological polar surface area (TPSA) is 89.0 Å². The summed E-state index contributed by atoms with van der Waals surface area (Å²) in [5.41, 5.74) is 4.55. The minimum atomic E-state index is -0.446. The van der Waals surface area contributed by atoms with Crippen molar-refractivity contribution in [2.45, 2.75) is 6.92 Å². The first-order valence-corrected chi connectivity index (χ1v) is 8.82. The van der Waals surface area contributed by atoms with Gasteiger partial charge in [0.15, 0.2) is 0 Å². The molecular weight excluding hydrogens is 414 g/mol. The van der Waals surface area contributed by atoms with Gasteiger partial charge in [-0.2, -0.15) is 5.10 Å². The highest BCUT2D eigenvalue weighted by Gasteiger charge is 2.09. The Morgan fingerprint density at radius 1 is 1.11 bits per heavy atom. The molecule has 0 saturated heterocycles. The zero-order chi connectivity index (χ0) is 19.8. The quantitative estimate of drug-likeness (QED) is 0.518. The van der Waals surface area contributed by atoms with Crippen molar-refractivity contribution in [1.29, 1.82) is 0 Å². The lowest BCUT2D eigenvalue weighted by molar-refractivity contribution is -0.120. The van der Waals surface area contributed by atoms with Crippen molar-refractivity contribution in [3.05, 3.63) is 57.6 Å². The van der Waals surface area contributed by atoms with Crippen molar-refractivity contribution in [3.8, 4) is 11.5 Å². The first-order valence-electron chi connectivity index (χ1n) is 8.03. The fourth-order valence-corrected chi connectivity index (χ4v) is 2.69. The van der Waals surface area contributed by atoms with Gasteiger partial charge in [0.25, 0.3) is 11.8 Å². The summed E-state index contributed by atoms with van der Waals surface area (Å²) in [5.74, 6) is 0.390. The van der Waals surface area contributed by atoms with Crippen LogP contribution < -0.4 is 20.2 Å². The number of benzene rings is 2. The van der Waals surface area contributed by atoms with Gasteiger partial charge in [-0.1, -0.05) is 17.7 Å². The third-order valence-corrected chi connectivity index (χ3v) is 4.24. The average Bonchev–Trinajstić information content (AvgIpc) is 2.67. The molecule has 2 amide bonds. The number of aryl methyl sites for hydroxylation is 1. The highest BCUT2D eigenvalue weighted by atomic mass is 79.9. The summed E-state index contributed by atoms with van der Waals surface area (Å²) in [7, 11) is 3.08. The van der Waals surface area contributed by atoms with Crippen LogP contribution >= 0.6 is 15.9 Å². The van der Waals surface area contributed by atoms with Crippen LogP contribution in [0.5, 0.6) is 11.5 Å². The van der Waals surface area contributed by atoms with Crippen LogP contribution in [0.2, 0.25) is 0 Å². The van der Waals surface area contributed by atoms with E-state index >= 15 is 0 Å². The second kappa shape index (κ2) is 9.72. The van der Waals surface area contributed by atoms with E-state index in [2.05, 4.69) is 31.8 Å². The molecule has 0 unspecified atom stereocenters. The Balaban J connectivity index is 1.90. The van der Waals surface area contributed by atoms with Crippen molar-refractivity contribution >= 4 is 34.0 Å². The first kappa shape index (κ1) is 20.4. The maximum Gasteiger partial charge on any atom is 0.259 e. The zero-order valence-electron chi connectivity index (χ0n) is 15.2. The summed E-state index contributed by atoms with van der Waals surface area (Å²) >= 11 is 3.38. The molecule has 0 bridgehead atoms. The molecule has 0 aromatic heterocycles. The van der Waals surface area contributed by atoms with Crippen LogP contribution in [0.15, 0.2) is 46.0 Å². The van der Waals surface area contributed by atoms with E-state index in [4.69, 9.17) is 9.47 Å². The standard InChI is InChI=1S/C19H20BrN3O4/c1-12-4-6-13(7-5-12)19(25)21-11-18(24)23-22-10-14-8-15(20)17(27-3)9-16(14)26-2/h4-10H,11H2,1-3H3,(H,21,25)(H,23,24). The number of methoxy groups -OCH3 is 2. The Kier molecular flexibility index (Phi) is 7.36. The van der Waals surface area contributed by atoms with Gasteiger partial charge in [0.1, 0.15) is 11.5 Å². The van der Waals surface area contributed by atoms with Gasteiger partial charge in [-0.25, -0.2) is 5.43 Å². The monoisotopic (exact) mass is 433 g/mol. The van der Waals surface area contributed by atoms with E-state index in [9.17, 15) is 9.59 Å². The molecule has 0 aliphatic rings. The Morgan fingerprint density at radius 3 is 2.41 bits per heavy atom. The number of carbonyl (C=O) groups is 2. The second-order valence-electron chi connectivity index (χ2n) is 5.57. The van der Waals surface area contributed by atoms with Crippen LogP contribution in [0.4, 0.5) is 0 Å². The number of rotatable bonds is 7. The van der Waals surface area contributed by atoms with Gasteiger partial charge in [0.05, 0.1) is 31.5 Å². The van der Waals surface area contributed by atoms with E-state index in [0.29, 0.717) is 22.6 Å². The van der Waals surface area contributed by atoms with Gasteiger partial charge in [-0.3, -0.25) is 9.59 Å². The van der Waals surface area contributed by atoms with Crippen molar-refractivity contribution in [2.75, 3.05) is 20.8 Å². The van der Waals surface area contributed by atoms with Crippen LogP contribution in [0, 0.1) is 6.92 Å². The van der Waals surface area contributed by atoms with Crippen LogP contribution in [-0.4, -0.2) is 38.8 Å². The number of nitrogens with one attached hydrogen (secondary N) is 2. The molecule has 2 N–H and O–H groups in total. The van der Waals surface area contributed by atoms with E-state index in [1.807, 2.05) is 19.1 Å². The summed E-state index contributed by atoms with van der Waals surface area (Å²) < 4.78 is 11.2. The lowest BCUT2D eigenvalue weighted by atomic mass is 10.1. The molecule has 0 atom stereocenters. The molecule has 0 radical (unpaired) electrons. The Hall–Kier alpha value is -2.87. The first-order chi connectivity index (χ1) is 12.9. The number of amides is 2. The molecule has 7 nitrogen and oxygen atoms in total. The van der Waals surface area contributed by atoms with Gasteiger partial charge in [-0.15, -0.1) is 0 Å². The highest BCUT2D eigenvalue weighted by molar-refractivity contribution is 9.10. The molecule has 0 aliphatic carbocycles.